The molecule has 7 nitrogen and oxygen atoms in total. The molecule has 3 aromatic rings. The number of thioether (sulfide) groups is 1. The monoisotopic (exact) mass is 444 g/mol. The van der Waals surface area contributed by atoms with Crippen LogP contribution in [0.1, 0.15) is 20.8 Å². The van der Waals surface area contributed by atoms with Crippen LogP contribution in [0.3, 0.4) is 0 Å². The van der Waals surface area contributed by atoms with Crippen LogP contribution in [-0.4, -0.2) is 44.5 Å². The van der Waals surface area contributed by atoms with Crippen molar-refractivity contribution in [2.24, 2.45) is 0 Å². The van der Waals surface area contributed by atoms with Crippen molar-refractivity contribution in [3.8, 4) is 11.4 Å². The first kappa shape index (κ1) is 22.1. The summed E-state index contributed by atoms with van der Waals surface area (Å²) in [5.41, 5.74) is 2.68. The molecule has 2 heterocycles. The maximum absolute atomic E-state index is 12.3. The Labute approximate surface area is 185 Å². The van der Waals surface area contributed by atoms with Crippen LogP contribution in [-0.2, 0) is 11.3 Å². The minimum atomic E-state index is -0.175. The number of amides is 1. The summed E-state index contributed by atoms with van der Waals surface area (Å²) in [6.07, 6.45) is 1.58. The standard InChI is InChI=1S/C21H25ClN6OS/c1-4-27(5-2)16-11-9-15(10-12-16)20-25-26-21(28(20)6-3)30-14-18(29)24-17-8-7-13-23-19(17)22/h7-13H,4-6,14H2,1-3H3,(H,24,29). The zero-order chi connectivity index (χ0) is 21.5. The number of carbonyl (C=O) groups excluding carboxylic acids is 1. The Morgan fingerprint density at radius 1 is 1.13 bits per heavy atom. The van der Waals surface area contributed by atoms with Crippen LogP contribution in [0.5, 0.6) is 0 Å². The lowest BCUT2D eigenvalue weighted by Gasteiger charge is -2.21. The van der Waals surface area contributed by atoms with E-state index >= 15 is 0 Å². The molecule has 0 radical (unpaired) electrons. The van der Waals surface area contributed by atoms with Gasteiger partial charge in [0.25, 0.3) is 0 Å². The number of halogens is 1. The van der Waals surface area contributed by atoms with Gasteiger partial charge in [-0.1, -0.05) is 23.4 Å². The summed E-state index contributed by atoms with van der Waals surface area (Å²) in [4.78, 5) is 18.5. The van der Waals surface area contributed by atoms with Crippen molar-refractivity contribution in [3.05, 3.63) is 47.7 Å². The summed E-state index contributed by atoms with van der Waals surface area (Å²) in [7, 11) is 0. The van der Waals surface area contributed by atoms with E-state index in [1.807, 2.05) is 11.5 Å². The highest BCUT2D eigenvalue weighted by molar-refractivity contribution is 7.99. The highest BCUT2D eigenvalue weighted by Gasteiger charge is 2.15. The van der Waals surface area contributed by atoms with E-state index in [0.717, 1.165) is 24.5 Å². The Morgan fingerprint density at radius 2 is 1.87 bits per heavy atom. The van der Waals surface area contributed by atoms with Gasteiger partial charge in [0, 0.05) is 37.1 Å². The van der Waals surface area contributed by atoms with E-state index in [2.05, 4.69) is 63.5 Å². The first-order chi connectivity index (χ1) is 14.6. The van der Waals surface area contributed by atoms with Crippen molar-refractivity contribution < 1.29 is 4.79 Å². The summed E-state index contributed by atoms with van der Waals surface area (Å²) < 4.78 is 2.02. The summed E-state index contributed by atoms with van der Waals surface area (Å²) in [5, 5.41) is 12.4. The third-order valence-electron chi connectivity index (χ3n) is 4.65. The first-order valence-electron chi connectivity index (χ1n) is 9.89. The fraction of sp³-hybridized carbons (Fsp3) is 0.333. The van der Waals surface area contributed by atoms with E-state index in [1.54, 1.807) is 18.3 Å². The van der Waals surface area contributed by atoms with Crippen LogP contribution < -0.4 is 10.2 Å². The minimum Gasteiger partial charge on any atom is -0.372 e. The Balaban J connectivity index is 1.69. The summed E-state index contributed by atoms with van der Waals surface area (Å²) >= 11 is 7.33. The lowest BCUT2D eigenvalue weighted by Crippen LogP contribution is -2.21. The van der Waals surface area contributed by atoms with E-state index in [0.29, 0.717) is 17.4 Å². The molecule has 1 N–H and O–H groups in total. The number of nitrogens with zero attached hydrogens (tertiary/aromatic N) is 5. The largest absolute Gasteiger partial charge is 0.372 e. The number of pyridine rings is 1. The molecule has 0 unspecified atom stereocenters. The predicted octanol–water partition coefficient (Wildman–Crippen LogP) is 4.59. The highest BCUT2D eigenvalue weighted by Crippen LogP contribution is 2.26. The van der Waals surface area contributed by atoms with Crippen LogP contribution in [0.4, 0.5) is 11.4 Å². The minimum absolute atomic E-state index is 0.175. The number of hydrogen-bond acceptors (Lipinski definition) is 6. The van der Waals surface area contributed by atoms with Gasteiger partial charge in [-0.15, -0.1) is 10.2 Å². The third-order valence-corrected chi connectivity index (χ3v) is 5.92. The van der Waals surface area contributed by atoms with Crippen LogP contribution in [0.15, 0.2) is 47.8 Å². The van der Waals surface area contributed by atoms with Crippen molar-refractivity contribution in [2.45, 2.75) is 32.5 Å². The molecule has 0 aliphatic heterocycles. The molecule has 2 aromatic heterocycles. The third kappa shape index (κ3) is 5.12. The zero-order valence-electron chi connectivity index (χ0n) is 17.3. The van der Waals surface area contributed by atoms with Gasteiger partial charge in [0.15, 0.2) is 16.1 Å². The molecule has 30 heavy (non-hydrogen) atoms. The Hall–Kier alpha value is -2.58. The summed E-state index contributed by atoms with van der Waals surface area (Å²) in [6, 6.07) is 11.8. The maximum atomic E-state index is 12.3. The number of rotatable bonds is 9. The van der Waals surface area contributed by atoms with Crippen LogP contribution in [0.25, 0.3) is 11.4 Å². The van der Waals surface area contributed by atoms with Gasteiger partial charge in [-0.05, 0) is 57.2 Å². The second-order valence-corrected chi connectivity index (χ2v) is 7.75. The van der Waals surface area contributed by atoms with Gasteiger partial charge in [0.05, 0.1) is 11.4 Å². The summed E-state index contributed by atoms with van der Waals surface area (Å²) in [5.74, 6) is 0.817. The maximum Gasteiger partial charge on any atom is 0.234 e. The van der Waals surface area contributed by atoms with Crippen molar-refractivity contribution in [2.75, 3.05) is 29.1 Å². The number of nitrogens with one attached hydrogen (secondary N) is 1. The fourth-order valence-corrected chi connectivity index (χ4v) is 4.07. The molecular weight excluding hydrogens is 420 g/mol. The average Bonchev–Trinajstić information content (AvgIpc) is 3.18. The Kier molecular flexibility index (Phi) is 7.70. The number of hydrogen-bond donors (Lipinski definition) is 1. The molecule has 0 saturated heterocycles. The molecule has 9 heteroatoms. The number of benzene rings is 1. The second-order valence-electron chi connectivity index (χ2n) is 6.45. The molecule has 0 aliphatic rings. The van der Waals surface area contributed by atoms with Gasteiger partial charge in [-0.3, -0.25) is 4.79 Å². The van der Waals surface area contributed by atoms with E-state index < -0.39 is 0 Å². The Bertz CT molecular complexity index is 987. The normalized spacial score (nSPS) is 10.8. The summed E-state index contributed by atoms with van der Waals surface area (Å²) in [6.45, 7) is 8.97. The van der Waals surface area contributed by atoms with Gasteiger partial charge in [0.2, 0.25) is 5.91 Å². The fourth-order valence-electron chi connectivity index (χ4n) is 3.10. The smallest absolute Gasteiger partial charge is 0.234 e. The van der Waals surface area contributed by atoms with Gasteiger partial charge in [-0.2, -0.15) is 0 Å². The topological polar surface area (TPSA) is 75.9 Å². The number of aromatic nitrogens is 4. The zero-order valence-corrected chi connectivity index (χ0v) is 18.9. The molecule has 0 bridgehead atoms. The van der Waals surface area contributed by atoms with Crippen molar-refractivity contribution >= 4 is 40.6 Å². The molecule has 0 aliphatic carbocycles. The van der Waals surface area contributed by atoms with E-state index in [1.165, 1.54) is 17.4 Å². The molecule has 0 fully saturated rings. The average molecular weight is 445 g/mol. The molecule has 1 amide bonds. The van der Waals surface area contributed by atoms with Crippen LogP contribution in [0.2, 0.25) is 5.15 Å². The van der Waals surface area contributed by atoms with E-state index in [9.17, 15) is 4.79 Å². The Morgan fingerprint density at radius 3 is 2.50 bits per heavy atom. The molecule has 0 saturated carbocycles. The van der Waals surface area contributed by atoms with Gasteiger partial charge in [0.1, 0.15) is 0 Å². The SMILES string of the molecule is CCN(CC)c1ccc(-c2nnc(SCC(=O)Nc3cccnc3Cl)n2CC)cc1. The van der Waals surface area contributed by atoms with Crippen molar-refractivity contribution in [1.82, 2.24) is 19.7 Å². The number of anilines is 2. The van der Waals surface area contributed by atoms with Crippen LogP contribution >= 0.6 is 23.4 Å². The van der Waals surface area contributed by atoms with Crippen molar-refractivity contribution in [3.63, 3.8) is 0 Å². The van der Waals surface area contributed by atoms with Gasteiger partial charge < -0.3 is 14.8 Å². The van der Waals surface area contributed by atoms with E-state index in [-0.39, 0.29) is 16.8 Å². The molecule has 3 rings (SSSR count). The molecule has 0 spiro atoms. The lowest BCUT2D eigenvalue weighted by atomic mass is 10.2. The molecule has 158 valence electrons. The highest BCUT2D eigenvalue weighted by atomic mass is 35.5. The van der Waals surface area contributed by atoms with Gasteiger partial charge >= 0.3 is 0 Å². The molecule has 0 atom stereocenters. The van der Waals surface area contributed by atoms with Crippen LogP contribution in [0, 0.1) is 0 Å². The van der Waals surface area contributed by atoms with Gasteiger partial charge in [-0.25, -0.2) is 4.98 Å². The first-order valence-corrected chi connectivity index (χ1v) is 11.2. The van der Waals surface area contributed by atoms with Crippen molar-refractivity contribution in [1.29, 1.82) is 0 Å². The molecular formula is C21H25ClN6OS. The lowest BCUT2D eigenvalue weighted by molar-refractivity contribution is -0.113. The second kappa shape index (κ2) is 10.4. The quantitative estimate of drug-likeness (QED) is 0.384. The number of carbonyl (C=O) groups is 1. The van der Waals surface area contributed by atoms with E-state index in [4.69, 9.17) is 11.6 Å². The molecule has 1 aromatic carbocycles. The predicted molar refractivity (Wildman–Crippen MR) is 123 cm³/mol.